The van der Waals surface area contributed by atoms with Crippen molar-refractivity contribution in [2.45, 2.75) is 67.0 Å². The molecule has 6 aromatic heterocycles. The monoisotopic (exact) mass is 1760 g/mol. The van der Waals surface area contributed by atoms with Crippen LogP contribution in [0.15, 0.2) is 300 Å². The van der Waals surface area contributed by atoms with Gasteiger partial charge in [-0.1, -0.05) is 224 Å². The molecule has 2 radical (unpaired) electrons. The van der Waals surface area contributed by atoms with Gasteiger partial charge in [-0.05, 0) is 132 Å². The van der Waals surface area contributed by atoms with E-state index in [2.05, 4.69) is 299 Å². The number of hydrogen-bond donors (Lipinski definition) is 0. The summed E-state index contributed by atoms with van der Waals surface area (Å²) in [7, 11) is -2.55. The van der Waals surface area contributed by atoms with Crippen LogP contribution in [0.5, 0.6) is 0 Å². The summed E-state index contributed by atoms with van der Waals surface area (Å²) in [6, 6.07) is 109. The second-order valence-electron chi connectivity index (χ2n) is 28.4. The summed E-state index contributed by atoms with van der Waals surface area (Å²) < 4.78 is 17.2. The van der Waals surface area contributed by atoms with Gasteiger partial charge < -0.3 is 27.9 Å². The van der Waals surface area contributed by atoms with E-state index in [1.54, 1.807) is 0 Å². The van der Waals surface area contributed by atoms with Gasteiger partial charge in [-0.15, -0.1) is 108 Å². The van der Waals surface area contributed by atoms with Crippen molar-refractivity contribution in [3.8, 4) is 78.9 Å². The Balaban J connectivity index is 0.000000131. The number of para-hydroxylation sites is 7. The van der Waals surface area contributed by atoms with E-state index in [0.29, 0.717) is 0 Å². The molecule has 18 rings (SSSR count). The van der Waals surface area contributed by atoms with Crippen LogP contribution in [0.3, 0.4) is 0 Å². The van der Waals surface area contributed by atoms with E-state index >= 15 is 0 Å². The molecule has 0 spiro atoms. The first kappa shape index (κ1) is 73.5. The maximum atomic E-state index is 6.38. The predicted molar refractivity (Wildman–Crippen MR) is 438 cm³/mol. The van der Waals surface area contributed by atoms with Crippen molar-refractivity contribution in [1.29, 1.82) is 0 Å². The summed E-state index contributed by atoms with van der Waals surface area (Å²) in [6.07, 6.45) is 4.11. The van der Waals surface area contributed by atoms with Gasteiger partial charge in [0.25, 0.3) is 0 Å². The summed E-state index contributed by atoms with van der Waals surface area (Å²) in [5.41, 5.74) is 25.3. The molecule has 12 aromatic carbocycles. The van der Waals surface area contributed by atoms with Crippen LogP contribution in [0.1, 0.15) is 22.3 Å². The van der Waals surface area contributed by atoms with Crippen LogP contribution in [-0.4, -0.2) is 45.2 Å². The maximum absolute atomic E-state index is 6.38. The fourth-order valence-electron chi connectivity index (χ4n) is 14.3. The molecule has 0 atom stereocenters. The Morgan fingerprint density at radius 3 is 1.24 bits per heavy atom. The molecule has 526 valence electrons. The van der Waals surface area contributed by atoms with Crippen LogP contribution in [0.25, 0.3) is 145 Å². The van der Waals surface area contributed by atoms with Crippen molar-refractivity contribution in [2.24, 2.45) is 0 Å². The molecule has 18 aromatic rings. The summed E-state index contributed by atoms with van der Waals surface area (Å²) in [5, 5.41) is 7.23. The average Bonchev–Trinajstić information content (AvgIpc) is 1.57. The number of rotatable bonds is 10. The third kappa shape index (κ3) is 15.0. The largest absolute Gasteiger partial charge is 0.501 e. The van der Waals surface area contributed by atoms with Gasteiger partial charge in [-0.2, -0.15) is 0 Å². The van der Waals surface area contributed by atoms with Crippen molar-refractivity contribution < 1.29 is 49.0 Å². The van der Waals surface area contributed by atoms with Crippen molar-refractivity contribution in [1.82, 2.24) is 29.1 Å². The molecule has 0 aliphatic rings. The van der Waals surface area contributed by atoms with Gasteiger partial charge in [0, 0.05) is 80.3 Å². The Morgan fingerprint density at radius 1 is 0.349 bits per heavy atom. The molecular weight excluding hydrogens is 1690 g/mol. The van der Waals surface area contributed by atoms with E-state index in [1.807, 2.05) is 103 Å². The van der Waals surface area contributed by atoms with E-state index in [1.165, 1.54) is 43.8 Å². The van der Waals surface area contributed by atoms with E-state index < -0.39 is 16.1 Å². The number of fused-ring (bicyclic) bond motifs is 8. The minimum Gasteiger partial charge on any atom is -0.501 e. The van der Waals surface area contributed by atoms with Crippen LogP contribution >= 0.6 is 0 Å². The molecule has 6 heterocycles. The molecule has 106 heavy (non-hydrogen) atoms. The SMILES string of the molecule is Cc1cc(-c2[c-]cccc2)ncc1[Si](C)(C)C.Cc1cc(-c2[c-]cccc2)ncc1[Si](C)(C)C.Cc1cc(-c2ccccc2)cc(C)c1-n1c(-c2[c-]ccc3c2oc2ccccc23)nc2ccccc21.[Ir].[Ir].[c-]1ccc2c(oc3ccccc32)c1-c1nc2ccccc2n1-c1ccccc1-c1ccccc1. The molecule has 0 amide bonds. The van der Waals surface area contributed by atoms with Gasteiger partial charge in [0.05, 0.1) is 61.0 Å². The fourth-order valence-corrected chi connectivity index (χ4v) is 17.7. The minimum absolute atomic E-state index is 0. The molecule has 0 unspecified atom stereocenters. The second-order valence-corrected chi connectivity index (χ2v) is 38.5. The molecule has 0 bridgehead atoms. The standard InChI is InChI=1S/C33H23N2O.C31H19N2O.2C15H18NSi.2Ir/c1-21-19-24(23-11-4-3-5-12-23)20-22(2)31(21)35-29-17-8-7-16-28(29)34-33(35)27-15-10-14-26-25-13-6-9-18-30(25)36-32(26)27;1-2-11-21(12-3-1)22-13-4-7-18-27(22)33-28-19-8-6-17-26(28)32-31(33)25-16-10-15-24-23-14-5-9-20-29(23)34-30(24)25;2*1-12-10-14(13-8-6-5-7-9-13)16-11-15(12)17(2,3)4;;/h3-14,16-20H,1-2H3;1-15,17-20H;2*5-8,10-11H,1-4H3;;/q4*-1;;. The van der Waals surface area contributed by atoms with Crippen LogP contribution in [-0.2, 0) is 40.2 Å². The average molecular weight is 1760 g/mol. The molecule has 12 heteroatoms. The number of pyridine rings is 2. The maximum Gasteiger partial charge on any atom is 0.120 e. The molecule has 0 N–H and O–H groups in total. The number of nitrogens with zero attached hydrogens (tertiary/aromatic N) is 6. The van der Waals surface area contributed by atoms with Crippen LogP contribution in [0.2, 0.25) is 39.3 Å². The Morgan fingerprint density at radius 2 is 0.764 bits per heavy atom. The minimum atomic E-state index is -1.27. The zero-order valence-corrected chi connectivity index (χ0v) is 67.7. The number of aromatic nitrogens is 6. The van der Waals surface area contributed by atoms with Crippen molar-refractivity contribution in [3.05, 3.63) is 338 Å². The fraction of sp³-hybridized carbons (Fsp3) is 0.106. The van der Waals surface area contributed by atoms with Gasteiger partial charge in [-0.3, -0.25) is 9.97 Å². The molecule has 0 saturated carbocycles. The summed E-state index contributed by atoms with van der Waals surface area (Å²) in [5.74, 6) is 1.65. The Labute approximate surface area is 649 Å². The quantitative estimate of drug-likeness (QED) is 0.100. The first-order valence-electron chi connectivity index (χ1n) is 35.3. The van der Waals surface area contributed by atoms with Gasteiger partial charge in [0.1, 0.15) is 11.2 Å². The molecule has 0 fully saturated rings. The first-order chi connectivity index (χ1) is 50.5. The summed E-state index contributed by atoms with van der Waals surface area (Å²) in [4.78, 5) is 19.4. The zero-order valence-electron chi connectivity index (χ0n) is 60.9. The van der Waals surface area contributed by atoms with Gasteiger partial charge in [0.2, 0.25) is 0 Å². The third-order valence-electron chi connectivity index (χ3n) is 19.1. The van der Waals surface area contributed by atoms with Crippen molar-refractivity contribution in [3.63, 3.8) is 0 Å². The van der Waals surface area contributed by atoms with Gasteiger partial charge in [0.15, 0.2) is 0 Å². The zero-order chi connectivity index (χ0) is 71.6. The van der Waals surface area contributed by atoms with Gasteiger partial charge in [-0.25, -0.2) is 0 Å². The molecule has 8 nitrogen and oxygen atoms in total. The smallest absolute Gasteiger partial charge is 0.120 e. The third-order valence-corrected chi connectivity index (χ3v) is 23.4. The van der Waals surface area contributed by atoms with Gasteiger partial charge >= 0.3 is 0 Å². The normalized spacial score (nSPS) is 11.3. The van der Waals surface area contributed by atoms with Crippen LogP contribution < -0.4 is 10.4 Å². The topological polar surface area (TPSA) is 87.7 Å². The first-order valence-corrected chi connectivity index (χ1v) is 42.3. The molecule has 0 saturated heterocycles. The van der Waals surface area contributed by atoms with Crippen molar-refractivity contribution >= 4 is 92.5 Å². The number of aryl methyl sites for hydroxylation is 4. The van der Waals surface area contributed by atoms with E-state index in [-0.39, 0.29) is 40.2 Å². The number of benzene rings is 12. The second kappa shape index (κ2) is 31.5. The Hall–Kier alpha value is -10.8. The molecule has 0 aliphatic carbocycles. The number of hydrogen-bond acceptors (Lipinski definition) is 6. The van der Waals surface area contributed by atoms with E-state index in [4.69, 9.17) is 18.8 Å². The van der Waals surface area contributed by atoms with E-state index in [0.717, 1.165) is 134 Å². The van der Waals surface area contributed by atoms with Crippen LogP contribution in [0.4, 0.5) is 0 Å². The van der Waals surface area contributed by atoms with Crippen LogP contribution in [0, 0.1) is 52.0 Å². The molecular formula is C94H78Ir2N6O2Si2-4. The summed E-state index contributed by atoms with van der Waals surface area (Å²) >= 11 is 0. The molecule has 0 aliphatic heterocycles. The Kier molecular flexibility index (Phi) is 21.8. The van der Waals surface area contributed by atoms with E-state index in [9.17, 15) is 0 Å². The summed E-state index contributed by atoms with van der Waals surface area (Å²) in [6.45, 7) is 22.8. The van der Waals surface area contributed by atoms with Crippen molar-refractivity contribution in [2.75, 3.05) is 0 Å². The number of furan rings is 2. The predicted octanol–water partition coefficient (Wildman–Crippen LogP) is 23.5. The Bertz CT molecular complexity index is 6010. The number of imidazole rings is 2.